The molecule has 0 radical (unpaired) electrons. The molecule has 0 aliphatic rings. The molecule has 126 valence electrons. The van der Waals surface area contributed by atoms with Crippen molar-refractivity contribution in [1.29, 1.82) is 0 Å². The minimum absolute atomic E-state index is 0.0271. The lowest BCUT2D eigenvalue weighted by Gasteiger charge is -2.20. The number of ketones is 1. The minimum Gasteiger partial charge on any atom is -0.343 e. The number of hydrogen-bond acceptors (Lipinski definition) is 3. The highest BCUT2D eigenvalue weighted by Gasteiger charge is 2.16. The summed E-state index contributed by atoms with van der Waals surface area (Å²) in [6.07, 6.45) is 0. The van der Waals surface area contributed by atoms with Crippen molar-refractivity contribution >= 4 is 17.6 Å². The Kier molecular flexibility index (Phi) is 6.49. The number of nitrogens with one attached hydrogen (secondary N) is 1. The molecule has 1 N–H and O–H groups in total. The topological polar surface area (TPSA) is 66.5 Å². The zero-order valence-corrected chi connectivity index (χ0v) is 14.6. The predicted molar refractivity (Wildman–Crippen MR) is 90.4 cm³/mol. The van der Waals surface area contributed by atoms with Gasteiger partial charge in [-0.1, -0.05) is 32.9 Å². The summed E-state index contributed by atoms with van der Waals surface area (Å²) in [6, 6.07) is 7.36. The third-order valence-electron chi connectivity index (χ3n) is 3.56. The zero-order chi connectivity index (χ0) is 17.6. The average molecular weight is 318 g/mol. The summed E-state index contributed by atoms with van der Waals surface area (Å²) >= 11 is 0. The van der Waals surface area contributed by atoms with Gasteiger partial charge in [0.05, 0.1) is 13.1 Å². The Hall–Kier alpha value is -2.17. The monoisotopic (exact) mass is 318 g/mol. The van der Waals surface area contributed by atoms with E-state index in [0.29, 0.717) is 12.1 Å². The molecule has 0 aliphatic heterocycles. The van der Waals surface area contributed by atoms with Crippen LogP contribution in [0.2, 0.25) is 0 Å². The number of amides is 2. The van der Waals surface area contributed by atoms with Crippen molar-refractivity contribution < 1.29 is 14.4 Å². The number of rotatable bonds is 6. The molecule has 0 aromatic heterocycles. The first-order chi connectivity index (χ1) is 10.6. The maximum atomic E-state index is 12.1. The fourth-order valence-corrected chi connectivity index (χ4v) is 2.14. The van der Waals surface area contributed by atoms with Gasteiger partial charge in [-0.05, 0) is 37.0 Å². The van der Waals surface area contributed by atoms with E-state index >= 15 is 0 Å². The Morgan fingerprint density at radius 3 is 2.09 bits per heavy atom. The molecule has 23 heavy (non-hydrogen) atoms. The van der Waals surface area contributed by atoms with Crippen LogP contribution >= 0.6 is 0 Å². The quantitative estimate of drug-likeness (QED) is 0.874. The number of hydrogen-bond donors (Lipinski definition) is 1. The van der Waals surface area contributed by atoms with Crippen molar-refractivity contribution in [2.45, 2.75) is 40.0 Å². The van der Waals surface area contributed by atoms with Crippen LogP contribution in [0.15, 0.2) is 24.3 Å². The first-order valence-corrected chi connectivity index (χ1v) is 7.81. The number of nitrogens with zero attached hydrogens (tertiary/aromatic N) is 1. The largest absolute Gasteiger partial charge is 0.343 e. The average Bonchev–Trinajstić information content (AvgIpc) is 2.49. The van der Waals surface area contributed by atoms with Gasteiger partial charge in [-0.15, -0.1) is 0 Å². The van der Waals surface area contributed by atoms with Crippen LogP contribution in [0.1, 0.15) is 50.5 Å². The van der Waals surface area contributed by atoms with E-state index in [1.54, 1.807) is 19.1 Å². The van der Waals surface area contributed by atoms with Gasteiger partial charge < -0.3 is 10.2 Å². The van der Waals surface area contributed by atoms with Gasteiger partial charge in [0.25, 0.3) is 5.91 Å². The van der Waals surface area contributed by atoms with Gasteiger partial charge in [0.2, 0.25) is 5.91 Å². The number of benzene rings is 1. The van der Waals surface area contributed by atoms with Crippen molar-refractivity contribution in [1.82, 2.24) is 10.2 Å². The number of likely N-dealkylation sites (N-methyl/N-ethyl adjacent to an activating group) is 1. The Morgan fingerprint density at radius 1 is 1.09 bits per heavy atom. The summed E-state index contributed by atoms with van der Waals surface area (Å²) < 4.78 is 0. The van der Waals surface area contributed by atoms with Crippen LogP contribution in [-0.4, -0.2) is 42.1 Å². The lowest BCUT2D eigenvalue weighted by Crippen LogP contribution is -2.42. The molecule has 0 spiro atoms. The maximum absolute atomic E-state index is 12.1. The third kappa shape index (κ3) is 5.85. The molecule has 1 aromatic rings. The van der Waals surface area contributed by atoms with Crippen LogP contribution in [0.25, 0.3) is 0 Å². The molecule has 0 fully saturated rings. The molecule has 0 heterocycles. The van der Waals surface area contributed by atoms with Crippen molar-refractivity contribution in [3.8, 4) is 0 Å². The summed E-state index contributed by atoms with van der Waals surface area (Å²) in [7, 11) is 0. The Morgan fingerprint density at radius 2 is 1.65 bits per heavy atom. The molecule has 5 heteroatoms. The molecule has 0 aliphatic carbocycles. The number of carbonyl (C=O) groups excluding carboxylic acids is 3. The van der Waals surface area contributed by atoms with E-state index in [2.05, 4.69) is 26.1 Å². The van der Waals surface area contributed by atoms with Gasteiger partial charge in [0, 0.05) is 12.1 Å². The van der Waals surface area contributed by atoms with Crippen LogP contribution in [0.3, 0.4) is 0 Å². The highest BCUT2D eigenvalue weighted by molar-refractivity contribution is 5.96. The molecule has 0 bridgehead atoms. The summed E-state index contributed by atoms with van der Waals surface area (Å²) in [5.41, 5.74) is 1.68. The van der Waals surface area contributed by atoms with E-state index in [0.717, 1.165) is 5.56 Å². The fourth-order valence-electron chi connectivity index (χ4n) is 2.14. The Labute approximate surface area is 138 Å². The van der Waals surface area contributed by atoms with E-state index in [-0.39, 0.29) is 36.1 Å². The SMILES string of the molecule is CCN(CC(C)=O)C(=O)CNC(=O)c1ccc(C(C)(C)C)cc1. The maximum Gasteiger partial charge on any atom is 0.251 e. The standard InChI is InChI=1S/C18H26N2O3/c1-6-20(12-13(2)21)16(22)11-19-17(23)14-7-9-15(10-8-14)18(3,4)5/h7-10H,6,11-12H2,1-5H3,(H,19,23). The Bertz CT molecular complexity index is 571. The van der Waals surface area contributed by atoms with Crippen LogP contribution in [-0.2, 0) is 15.0 Å². The Balaban J connectivity index is 2.63. The molecular weight excluding hydrogens is 292 g/mol. The van der Waals surface area contributed by atoms with E-state index in [1.165, 1.54) is 11.8 Å². The molecule has 2 amide bonds. The summed E-state index contributed by atoms with van der Waals surface area (Å²) in [5, 5.41) is 2.60. The van der Waals surface area contributed by atoms with E-state index in [4.69, 9.17) is 0 Å². The summed E-state index contributed by atoms with van der Waals surface area (Å²) in [5.74, 6) is -0.635. The fraction of sp³-hybridized carbons (Fsp3) is 0.500. The molecule has 0 atom stereocenters. The second kappa shape index (κ2) is 7.90. The van der Waals surface area contributed by atoms with Crippen molar-refractivity contribution in [3.63, 3.8) is 0 Å². The molecule has 0 unspecified atom stereocenters. The second-order valence-corrected chi connectivity index (χ2v) is 6.62. The smallest absolute Gasteiger partial charge is 0.251 e. The highest BCUT2D eigenvalue weighted by atomic mass is 16.2. The van der Waals surface area contributed by atoms with Crippen LogP contribution < -0.4 is 5.32 Å². The zero-order valence-electron chi connectivity index (χ0n) is 14.6. The molecular formula is C18H26N2O3. The van der Waals surface area contributed by atoms with Gasteiger partial charge in [-0.2, -0.15) is 0 Å². The molecule has 0 saturated carbocycles. The first kappa shape index (κ1) is 18.9. The predicted octanol–water partition coefficient (Wildman–Crippen LogP) is 2.15. The molecule has 1 rings (SSSR count). The van der Waals surface area contributed by atoms with E-state index < -0.39 is 0 Å². The first-order valence-electron chi connectivity index (χ1n) is 7.81. The number of Topliss-reactive ketones (excluding diaryl/α,β-unsaturated/α-hetero) is 1. The lowest BCUT2D eigenvalue weighted by molar-refractivity contribution is -0.133. The van der Waals surface area contributed by atoms with Gasteiger partial charge in [-0.25, -0.2) is 0 Å². The van der Waals surface area contributed by atoms with Gasteiger partial charge in [0.15, 0.2) is 0 Å². The molecule has 5 nitrogen and oxygen atoms in total. The van der Waals surface area contributed by atoms with Crippen LogP contribution in [0.5, 0.6) is 0 Å². The van der Waals surface area contributed by atoms with Gasteiger partial charge in [0.1, 0.15) is 5.78 Å². The van der Waals surface area contributed by atoms with Crippen molar-refractivity contribution in [2.75, 3.05) is 19.6 Å². The van der Waals surface area contributed by atoms with Crippen molar-refractivity contribution in [2.24, 2.45) is 0 Å². The summed E-state index contributed by atoms with van der Waals surface area (Å²) in [4.78, 5) is 36.6. The van der Waals surface area contributed by atoms with Crippen LogP contribution in [0, 0.1) is 0 Å². The highest BCUT2D eigenvalue weighted by Crippen LogP contribution is 2.22. The molecule has 0 saturated heterocycles. The van der Waals surface area contributed by atoms with E-state index in [9.17, 15) is 14.4 Å². The number of carbonyl (C=O) groups is 3. The van der Waals surface area contributed by atoms with E-state index in [1.807, 2.05) is 12.1 Å². The lowest BCUT2D eigenvalue weighted by atomic mass is 9.87. The second-order valence-electron chi connectivity index (χ2n) is 6.62. The van der Waals surface area contributed by atoms with Gasteiger partial charge >= 0.3 is 0 Å². The normalized spacial score (nSPS) is 11.0. The summed E-state index contributed by atoms with van der Waals surface area (Å²) in [6.45, 7) is 9.96. The molecule has 1 aromatic carbocycles. The van der Waals surface area contributed by atoms with Crippen molar-refractivity contribution in [3.05, 3.63) is 35.4 Å². The minimum atomic E-state index is -0.294. The van der Waals surface area contributed by atoms with Gasteiger partial charge in [-0.3, -0.25) is 14.4 Å². The van der Waals surface area contributed by atoms with Crippen LogP contribution in [0.4, 0.5) is 0 Å². The third-order valence-corrected chi connectivity index (χ3v) is 3.56.